The lowest BCUT2D eigenvalue weighted by atomic mass is 10.1. The average Bonchev–Trinajstić information content (AvgIpc) is 2.60. The second-order valence-corrected chi connectivity index (χ2v) is 6.08. The maximum Gasteiger partial charge on any atom is 0.255 e. The third-order valence-electron chi connectivity index (χ3n) is 3.99. The molecule has 128 valence electrons. The van der Waals surface area contributed by atoms with Gasteiger partial charge in [0.15, 0.2) is 0 Å². The number of nitrogens with zero attached hydrogens (tertiary/aromatic N) is 3. The Bertz CT molecular complexity index is 641. The first-order valence-electron chi connectivity index (χ1n) is 8.12. The normalized spacial score (nSPS) is 11.8. The molecule has 0 aliphatic heterocycles. The third kappa shape index (κ3) is 4.55. The fourth-order valence-electron chi connectivity index (χ4n) is 2.49. The van der Waals surface area contributed by atoms with Gasteiger partial charge >= 0.3 is 0 Å². The molecule has 24 heavy (non-hydrogen) atoms. The topological polar surface area (TPSA) is 56.7 Å². The summed E-state index contributed by atoms with van der Waals surface area (Å²) in [5, 5.41) is 9.25. The molecule has 5 nitrogen and oxygen atoms in total. The quantitative estimate of drug-likeness (QED) is 0.849. The highest BCUT2D eigenvalue weighted by Gasteiger charge is 2.22. The van der Waals surface area contributed by atoms with Crippen molar-refractivity contribution >= 4 is 11.7 Å². The summed E-state index contributed by atoms with van der Waals surface area (Å²) in [5.74, 6) is 0.738. The van der Waals surface area contributed by atoms with E-state index >= 15 is 0 Å². The van der Waals surface area contributed by atoms with Crippen molar-refractivity contribution in [1.82, 2.24) is 9.88 Å². The molecular formula is C19H25N3O2. The van der Waals surface area contributed by atoms with Gasteiger partial charge in [0.05, 0.1) is 5.56 Å². The molecule has 0 spiro atoms. The van der Waals surface area contributed by atoms with E-state index in [0.717, 1.165) is 11.4 Å². The number of carbonyl (C=O) groups is 1. The average molecular weight is 327 g/mol. The summed E-state index contributed by atoms with van der Waals surface area (Å²) < 4.78 is 0. The number of aromatic nitrogens is 1. The van der Waals surface area contributed by atoms with Gasteiger partial charge in [-0.3, -0.25) is 4.79 Å². The Kier molecular flexibility index (Phi) is 6.32. The predicted molar refractivity (Wildman–Crippen MR) is 96.0 cm³/mol. The molecule has 0 aliphatic rings. The van der Waals surface area contributed by atoms with Gasteiger partial charge in [-0.15, -0.1) is 0 Å². The Balaban J connectivity index is 2.23. The lowest BCUT2D eigenvalue weighted by Gasteiger charge is -2.29. The van der Waals surface area contributed by atoms with E-state index in [2.05, 4.69) is 4.98 Å². The molecule has 0 radical (unpaired) electrons. The van der Waals surface area contributed by atoms with Gasteiger partial charge in [0.1, 0.15) is 5.82 Å². The number of aliphatic hydroxyl groups is 1. The summed E-state index contributed by atoms with van der Waals surface area (Å²) in [7, 11) is 3.82. The first kappa shape index (κ1) is 17.9. The van der Waals surface area contributed by atoms with Crippen LogP contribution in [-0.4, -0.2) is 47.6 Å². The van der Waals surface area contributed by atoms with Crippen LogP contribution in [0.25, 0.3) is 0 Å². The molecule has 1 N–H and O–H groups in total. The van der Waals surface area contributed by atoms with Crippen molar-refractivity contribution in [2.24, 2.45) is 0 Å². The highest BCUT2D eigenvalue weighted by Crippen LogP contribution is 2.16. The molecule has 1 heterocycles. The molecule has 0 fully saturated rings. The SMILES string of the molecule is CC(CCO)N(Cc1ccccc1)C(=O)c1ccc(N(C)C)nc1. The number of pyridine rings is 1. The van der Waals surface area contributed by atoms with Crippen LogP contribution in [-0.2, 0) is 6.54 Å². The van der Waals surface area contributed by atoms with E-state index in [1.165, 1.54) is 0 Å². The van der Waals surface area contributed by atoms with Crippen LogP contribution in [0.3, 0.4) is 0 Å². The van der Waals surface area contributed by atoms with Crippen LogP contribution in [0.2, 0.25) is 0 Å². The second-order valence-electron chi connectivity index (χ2n) is 6.08. The summed E-state index contributed by atoms with van der Waals surface area (Å²) in [6.45, 7) is 2.52. The number of anilines is 1. The van der Waals surface area contributed by atoms with E-state index < -0.39 is 0 Å². The van der Waals surface area contributed by atoms with E-state index in [0.29, 0.717) is 18.5 Å². The van der Waals surface area contributed by atoms with E-state index in [1.54, 1.807) is 17.2 Å². The molecule has 0 saturated carbocycles. The van der Waals surface area contributed by atoms with E-state index in [1.807, 2.05) is 62.3 Å². The van der Waals surface area contributed by atoms with E-state index in [4.69, 9.17) is 0 Å². The maximum absolute atomic E-state index is 12.9. The van der Waals surface area contributed by atoms with Crippen molar-refractivity contribution < 1.29 is 9.90 Å². The number of hydrogen-bond donors (Lipinski definition) is 1. The minimum atomic E-state index is -0.0717. The van der Waals surface area contributed by atoms with Crippen molar-refractivity contribution in [1.29, 1.82) is 0 Å². The van der Waals surface area contributed by atoms with Gasteiger partial charge in [-0.05, 0) is 31.0 Å². The summed E-state index contributed by atoms with van der Waals surface area (Å²) in [4.78, 5) is 20.9. The number of aliphatic hydroxyl groups excluding tert-OH is 1. The van der Waals surface area contributed by atoms with Crippen LogP contribution in [0.1, 0.15) is 29.3 Å². The molecule has 0 saturated heterocycles. The molecule has 1 amide bonds. The Hall–Kier alpha value is -2.40. The molecule has 5 heteroatoms. The van der Waals surface area contributed by atoms with Crippen LogP contribution in [0.5, 0.6) is 0 Å². The molecule has 1 atom stereocenters. The van der Waals surface area contributed by atoms with Gasteiger partial charge in [-0.1, -0.05) is 30.3 Å². The zero-order valence-electron chi connectivity index (χ0n) is 14.5. The van der Waals surface area contributed by atoms with Crippen molar-refractivity contribution in [2.45, 2.75) is 25.9 Å². The molecule has 1 unspecified atom stereocenters. The Morgan fingerprint density at radius 1 is 1.17 bits per heavy atom. The number of hydrogen-bond acceptors (Lipinski definition) is 4. The Morgan fingerprint density at radius 2 is 1.88 bits per heavy atom. The zero-order chi connectivity index (χ0) is 17.5. The van der Waals surface area contributed by atoms with Gasteiger partial charge in [0.2, 0.25) is 0 Å². The lowest BCUT2D eigenvalue weighted by molar-refractivity contribution is 0.0648. The van der Waals surface area contributed by atoms with Crippen molar-refractivity contribution in [2.75, 3.05) is 25.6 Å². The Labute approximate surface area is 143 Å². The van der Waals surface area contributed by atoms with E-state index in [-0.39, 0.29) is 18.6 Å². The zero-order valence-corrected chi connectivity index (χ0v) is 14.5. The summed E-state index contributed by atoms with van der Waals surface area (Å²) >= 11 is 0. The highest BCUT2D eigenvalue weighted by atomic mass is 16.3. The summed E-state index contributed by atoms with van der Waals surface area (Å²) in [6, 6.07) is 13.5. The maximum atomic E-state index is 12.9. The lowest BCUT2D eigenvalue weighted by Crippen LogP contribution is -2.38. The predicted octanol–water partition coefficient (Wildman–Crippen LogP) is 2.56. The standard InChI is InChI=1S/C19H25N3O2/c1-15(11-12-23)22(14-16-7-5-4-6-8-16)19(24)17-9-10-18(20-13-17)21(2)3/h4-10,13,15,23H,11-12,14H2,1-3H3. The fourth-order valence-corrected chi connectivity index (χ4v) is 2.49. The largest absolute Gasteiger partial charge is 0.396 e. The third-order valence-corrected chi connectivity index (χ3v) is 3.99. The van der Waals surface area contributed by atoms with Crippen LogP contribution < -0.4 is 4.90 Å². The number of rotatable bonds is 7. The monoisotopic (exact) mass is 327 g/mol. The second kappa shape index (κ2) is 8.45. The van der Waals surface area contributed by atoms with Crippen molar-refractivity contribution in [3.05, 3.63) is 59.8 Å². The Morgan fingerprint density at radius 3 is 2.42 bits per heavy atom. The molecule has 1 aromatic heterocycles. The van der Waals surface area contributed by atoms with Gasteiger partial charge in [0, 0.05) is 39.5 Å². The van der Waals surface area contributed by atoms with Crippen LogP contribution in [0.15, 0.2) is 48.7 Å². The number of benzene rings is 1. The van der Waals surface area contributed by atoms with E-state index in [9.17, 15) is 9.90 Å². The first-order chi connectivity index (χ1) is 11.5. The van der Waals surface area contributed by atoms with Crippen LogP contribution >= 0.6 is 0 Å². The molecule has 0 bridgehead atoms. The number of amides is 1. The highest BCUT2D eigenvalue weighted by molar-refractivity contribution is 5.94. The van der Waals surface area contributed by atoms with Gasteiger partial charge in [-0.25, -0.2) is 4.98 Å². The van der Waals surface area contributed by atoms with Crippen molar-refractivity contribution in [3.63, 3.8) is 0 Å². The molecule has 2 aromatic rings. The van der Waals surface area contributed by atoms with Gasteiger partial charge in [-0.2, -0.15) is 0 Å². The molecule has 0 aliphatic carbocycles. The van der Waals surface area contributed by atoms with Gasteiger partial charge < -0.3 is 14.9 Å². The minimum Gasteiger partial charge on any atom is -0.396 e. The van der Waals surface area contributed by atoms with Crippen LogP contribution in [0, 0.1) is 0 Å². The number of carbonyl (C=O) groups excluding carboxylic acids is 1. The summed E-state index contributed by atoms with van der Waals surface area (Å²) in [5.41, 5.74) is 1.62. The molecule has 2 rings (SSSR count). The molecular weight excluding hydrogens is 302 g/mol. The van der Waals surface area contributed by atoms with Gasteiger partial charge in [0.25, 0.3) is 5.91 Å². The smallest absolute Gasteiger partial charge is 0.255 e. The van der Waals surface area contributed by atoms with Crippen molar-refractivity contribution in [3.8, 4) is 0 Å². The first-order valence-corrected chi connectivity index (χ1v) is 8.12. The fraction of sp³-hybridized carbons (Fsp3) is 0.368. The minimum absolute atomic E-state index is 0.0531. The molecule has 1 aromatic carbocycles. The summed E-state index contributed by atoms with van der Waals surface area (Å²) in [6.07, 6.45) is 2.16. The van der Waals surface area contributed by atoms with Crippen LogP contribution in [0.4, 0.5) is 5.82 Å².